The average molecular weight is 398 g/mol. The molecule has 1 N–H and O–H groups in total. The number of rotatable bonds is 8. The molecule has 0 heterocycles. The van der Waals surface area contributed by atoms with Gasteiger partial charge in [-0.2, -0.15) is 0 Å². The second kappa shape index (κ2) is 9.82. The van der Waals surface area contributed by atoms with Gasteiger partial charge in [-0.25, -0.2) is 0 Å². The molecule has 0 aliphatic carbocycles. The van der Waals surface area contributed by atoms with Crippen molar-refractivity contribution in [1.82, 2.24) is 5.32 Å². The van der Waals surface area contributed by atoms with Crippen LogP contribution < -0.4 is 14.8 Å². The summed E-state index contributed by atoms with van der Waals surface area (Å²) in [6, 6.07) is 10.1. The van der Waals surface area contributed by atoms with Crippen LogP contribution in [0.2, 0.25) is 0 Å². The van der Waals surface area contributed by atoms with E-state index in [1.54, 1.807) is 7.11 Å². The van der Waals surface area contributed by atoms with Gasteiger partial charge < -0.3 is 14.8 Å². The first-order valence-electron chi connectivity index (χ1n) is 10.4. The molecule has 1 amide bonds. The molecular weight excluding hydrogens is 362 g/mol. The Hall–Kier alpha value is -2.49. The fourth-order valence-corrected chi connectivity index (χ4v) is 3.50. The van der Waals surface area contributed by atoms with Crippen LogP contribution in [0.4, 0.5) is 0 Å². The van der Waals surface area contributed by atoms with Crippen molar-refractivity contribution < 1.29 is 14.3 Å². The molecule has 0 saturated heterocycles. The zero-order chi connectivity index (χ0) is 21.7. The number of ether oxygens (including phenoxy) is 2. The predicted octanol–water partition coefficient (Wildman–Crippen LogP) is 5.78. The van der Waals surface area contributed by atoms with Gasteiger partial charge in [-0.1, -0.05) is 32.9 Å². The van der Waals surface area contributed by atoms with E-state index in [9.17, 15) is 4.79 Å². The molecule has 158 valence electrons. The van der Waals surface area contributed by atoms with Gasteiger partial charge in [-0.15, -0.1) is 0 Å². The Balaban J connectivity index is 2.20. The highest BCUT2D eigenvalue weighted by Crippen LogP contribution is 2.32. The molecule has 4 nitrogen and oxygen atoms in total. The molecule has 2 aromatic rings. The summed E-state index contributed by atoms with van der Waals surface area (Å²) in [6.07, 6.45) is 0.0752. The first-order chi connectivity index (χ1) is 13.7. The van der Waals surface area contributed by atoms with E-state index >= 15 is 0 Å². The Bertz CT molecular complexity index is 857. The summed E-state index contributed by atoms with van der Waals surface area (Å²) >= 11 is 0. The van der Waals surface area contributed by atoms with Gasteiger partial charge in [0.15, 0.2) is 6.10 Å². The average Bonchev–Trinajstić information content (AvgIpc) is 2.67. The third-order valence-corrected chi connectivity index (χ3v) is 5.34. The highest BCUT2D eigenvalue weighted by molar-refractivity contribution is 5.81. The van der Waals surface area contributed by atoms with Crippen LogP contribution in [0.25, 0.3) is 0 Å². The lowest BCUT2D eigenvalue weighted by Crippen LogP contribution is -2.39. The van der Waals surface area contributed by atoms with E-state index in [-0.39, 0.29) is 11.9 Å². The summed E-state index contributed by atoms with van der Waals surface area (Å²) in [4.78, 5) is 13.0. The molecule has 0 aromatic heterocycles. The van der Waals surface area contributed by atoms with Crippen molar-refractivity contribution in [3.63, 3.8) is 0 Å². The van der Waals surface area contributed by atoms with Crippen LogP contribution in [-0.2, 0) is 4.79 Å². The molecule has 0 saturated carbocycles. The van der Waals surface area contributed by atoms with Crippen LogP contribution in [-0.4, -0.2) is 19.1 Å². The van der Waals surface area contributed by atoms with Crippen LogP contribution in [0.3, 0.4) is 0 Å². The standard InChI is InChI=1S/C25H35NO3/c1-9-22(29-23-12-16(4)10-11-17(23)5)25(27)26-19(7)21-14-20(15(2)3)24(28-8)13-18(21)6/h10-15,19,22H,9H2,1-8H3,(H,26,27)/t19-,22-/m1/s1. The van der Waals surface area contributed by atoms with E-state index in [1.165, 1.54) is 0 Å². The minimum Gasteiger partial charge on any atom is -0.496 e. The number of methoxy groups -OCH3 is 1. The molecule has 2 rings (SSSR count). The molecule has 0 aliphatic rings. The first-order valence-corrected chi connectivity index (χ1v) is 10.4. The Labute approximate surface area is 175 Å². The van der Waals surface area contributed by atoms with Crippen molar-refractivity contribution in [3.8, 4) is 11.5 Å². The maximum atomic E-state index is 13.0. The summed E-state index contributed by atoms with van der Waals surface area (Å²) in [5, 5.41) is 3.14. The van der Waals surface area contributed by atoms with Crippen molar-refractivity contribution in [1.29, 1.82) is 0 Å². The highest BCUT2D eigenvalue weighted by Gasteiger charge is 2.23. The Morgan fingerprint density at radius 3 is 2.24 bits per heavy atom. The summed E-state index contributed by atoms with van der Waals surface area (Å²) in [5.74, 6) is 1.90. The highest BCUT2D eigenvalue weighted by atomic mass is 16.5. The number of hydrogen-bond acceptors (Lipinski definition) is 3. The molecule has 0 unspecified atom stereocenters. The number of hydrogen-bond donors (Lipinski definition) is 1. The summed E-state index contributed by atoms with van der Waals surface area (Å²) < 4.78 is 11.6. The smallest absolute Gasteiger partial charge is 0.261 e. The Morgan fingerprint density at radius 2 is 1.66 bits per heavy atom. The second-order valence-corrected chi connectivity index (χ2v) is 8.12. The molecule has 2 aromatic carbocycles. The lowest BCUT2D eigenvalue weighted by molar-refractivity contribution is -0.128. The molecule has 4 heteroatoms. The third-order valence-electron chi connectivity index (χ3n) is 5.34. The van der Waals surface area contributed by atoms with E-state index in [1.807, 2.05) is 45.9 Å². The molecule has 29 heavy (non-hydrogen) atoms. The predicted molar refractivity (Wildman–Crippen MR) is 119 cm³/mol. The minimum atomic E-state index is -0.527. The van der Waals surface area contributed by atoms with Gasteiger partial charge in [0.1, 0.15) is 11.5 Å². The summed E-state index contributed by atoms with van der Waals surface area (Å²) in [6.45, 7) is 14.3. The Morgan fingerprint density at radius 1 is 0.966 bits per heavy atom. The van der Waals surface area contributed by atoms with Crippen LogP contribution in [0.5, 0.6) is 11.5 Å². The number of nitrogens with one attached hydrogen (secondary N) is 1. The molecule has 0 spiro atoms. The molecule has 0 radical (unpaired) electrons. The number of benzene rings is 2. The van der Waals surface area contributed by atoms with Crippen LogP contribution in [0.15, 0.2) is 30.3 Å². The van der Waals surface area contributed by atoms with E-state index in [4.69, 9.17) is 9.47 Å². The molecule has 0 fully saturated rings. The van der Waals surface area contributed by atoms with Crippen molar-refractivity contribution in [2.24, 2.45) is 0 Å². The van der Waals surface area contributed by atoms with Gasteiger partial charge in [0, 0.05) is 0 Å². The largest absolute Gasteiger partial charge is 0.496 e. The number of amides is 1. The monoisotopic (exact) mass is 397 g/mol. The zero-order valence-electron chi connectivity index (χ0n) is 19.1. The van der Waals surface area contributed by atoms with Gasteiger partial charge in [-0.3, -0.25) is 4.79 Å². The summed E-state index contributed by atoms with van der Waals surface area (Å²) in [7, 11) is 1.70. The van der Waals surface area contributed by atoms with Gasteiger partial charge in [0.25, 0.3) is 5.91 Å². The van der Waals surface area contributed by atoms with Gasteiger partial charge in [0.2, 0.25) is 0 Å². The molecular formula is C25H35NO3. The van der Waals surface area contributed by atoms with Gasteiger partial charge >= 0.3 is 0 Å². The normalized spacial score (nSPS) is 13.1. The molecule has 0 bridgehead atoms. The van der Waals surface area contributed by atoms with Gasteiger partial charge in [0.05, 0.1) is 13.2 Å². The first kappa shape index (κ1) is 22.8. The second-order valence-electron chi connectivity index (χ2n) is 8.12. The van der Waals surface area contributed by atoms with E-state index in [0.29, 0.717) is 12.3 Å². The third kappa shape index (κ3) is 5.53. The summed E-state index contributed by atoms with van der Waals surface area (Å²) in [5.41, 5.74) is 5.49. The molecule has 2 atom stereocenters. The quantitative estimate of drug-likeness (QED) is 0.614. The number of aryl methyl sites for hydroxylation is 3. The van der Waals surface area contributed by atoms with E-state index in [2.05, 4.69) is 38.2 Å². The van der Waals surface area contributed by atoms with Crippen LogP contribution >= 0.6 is 0 Å². The van der Waals surface area contributed by atoms with E-state index in [0.717, 1.165) is 39.3 Å². The Kier molecular flexibility index (Phi) is 7.72. The lowest BCUT2D eigenvalue weighted by atomic mass is 9.93. The molecule has 0 aliphatic heterocycles. The zero-order valence-corrected chi connectivity index (χ0v) is 19.1. The minimum absolute atomic E-state index is 0.0952. The van der Waals surface area contributed by atoms with Crippen molar-refractivity contribution in [3.05, 3.63) is 58.1 Å². The fourth-order valence-electron chi connectivity index (χ4n) is 3.50. The van der Waals surface area contributed by atoms with Crippen LogP contribution in [0, 0.1) is 20.8 Å². The van der Waals surface area contributed by atoms with E-state index < -0.39 is 6.10 Å². The topological polar surface area (TPSA) is 47.6 Å². The maximum Gasteiger partial charge on any atom is 0.261 e. The van der Waals surface area contributed by atoms with Gasteiger partial charge in [-0.05, 0) is 86.1 Å². The fraction of sp³-hybridized carbons (Fsp3) is 0.480. The van der Waals surface area contributed by atoms with Crippen LogP contribution in [0.1, 0.15) is 73.9 Å². The number of carbonyl (C=O) groups excluding carboxylic acids is 1. The lowest BCUT2D eigenvalue weighted by Gasteiger charge is -2.24. The number of carbonyl (C=O) groups is 1. The SMILES string of the molecule is CC[C@@H](Oc1cc(C)ccc1C)C(=O)N[C@H](C)c1cc(C(C)C)c(OC)cc1C. The van der Waals surface area contributed by atoms with Crippen molar-refractivity contribution >= 4 is 5.91 Å². The van der Waals surface area contributed by atoms with Crippen molar-refractivity contribution in [2.45, 2.75) is 73.0 Å². The van der Waals surface area contributed by atoms with Crippen molar-refractivity contribution in [2.75, 3.05) is 7.11 Å². The maximum absolute atomic E-state index is 13.0.